The van der Waals surface area contributed by atoms with Gasteiger partial charge >= 0.3 is 0 Å². The summed E-state index contributed by atoms with van der Waals surface area (Å²) in [4.78, 5) is 23.7. The lowest BCUT2D eigenvalue weighted by atomic mass is 9.85. The van der Waals surface area contributed by atoms with Crippen molar-refractivity contribution in [3.8, 4) is 5.69 Å². The van der Waals surface area contributed by atoms with E-state index in [1.807, 2.05) is 6.92 Å². The Bertz CT molecular complexity index is 1720. The highest BCUT2D eigenvalue weighted by atomic mass is 32.2. The standard InChI is InChI=1S/C23H21F2N7O3S/c1-2-12-11-30(21-19-16(27-23(26)28-21)7-9-36(19,34)35)17(12)20-29-31-8-6-15(25)18(31)22(33)32(20)14-5-3-4-13(24)10-14/h3-6,8,10,12,17H,2,7,9,11H2,1H3,(H2,26,27,28)/t12-,17+/m1/s1. The topological polar surface area (TPSA) is 128 Å². The van der Waals surface area contributed by atoms with E-state index in [1.165, 1.54) is 35.0 Å². The molecule has 10 nitrogen and oxygen atoms in total. The number of nitrogens with two attached hydrogens (primary N) is 1. The van der Waals surface area contributed by atoms with Crippen LogP contribution in [-0.4, -0.2) is 44.9 Å². The SMILES string of the molecule is CC[C@@H]1CN(c2nc(N)nc3c2S(=O)(=O)CC3)[C@@H]1c1nn2ccc(F)c2c(=O)n1-c1cccc(F)c1. The second-order valence-electron chi connectivity index (χ2n) is 8.95. The van der Waals surface area contributed by atoms with E-state index in [0.717, 1.165) is 10.6 Å². The molecule has 186 valence electrons. The fourth-order valence-corrected chi connectivity index (χ4v) is 6.74. The van der Waals surface area contributed by atoms with Crippen LogP contribution < -0.4 is 16.2 Å². The van der Waals surface area contributed by atoms with E-state index < -0.39 is 33.1 Å². The average molecular weight is 514 g/mol. The summed E-state index contributed by atoms with van der Waals surface area (Å²) in [6.07, 6.45) is 2.24. The Hall–Kier alpha value is -3.87. The number of rotatable bonds is 4. The first kappa shape index (κ1) is 22.6. The lowest BCUT2D eigenvalue weighted by Crippen LogP contribution is -2.53. The van der Waals surface area contributed by atoms with Gasteiger partial charge in [0.1, 0.15) is 10.7 Å². The third kappa shape index (κ3) is 3.22. The van der Waals surface area contributed by atoms with Gasteiger partial charge in [-0.3, -0.25) is 9.36 Å². The Morgan fingerprint density at radius 1 is 1.19 bits per heavy atom. The normalized spacial score (nSPS) is 20.5. The molecule has 2 aliphatic heterocycles. The van der Waals surface area contributed by atoms with Crippen molar-refractivity contribution in [1.29, 1.82) is 0 Å². The van der Waals surface area contributed by atoms with Crippen LogP contribution in [-0.2, 0) is 16.3 Å². The van der Waals surface area contributed by atoms with Crippen molar-refractivity contribution in [1.82, 2.24) is 24.1 Å². The number of hydrogen-bond acceptors (Lipinski definition) is 8. The van der Waals surface area contributed by atoms with E-state index in [0.29, 0.717) is 18.7 Å². The largest absolute Gasteiger partial charge is 0.368 e. The number of sulfone groups is 1. The molecule has 0 aliphatic carbocycles. The highest BCUT2D eigenvalue weighted by molar-refractivity contribution is 7.91. The molecule has 0 spiro atoms. The maximum Gasteiger partial charge on any atom is 0.285 e. The van der Waals surface area contributed by atoms with Crippen molar-refractivity contribution in [2.75, 3.05) is 22.9 Å². The van der Waals surface area contributed by atoms with Crippen LogP contribution in [0.5, 0.6) is 0 Å². The molecule has 0 unspecified atom stereocenters. The maximum absolute atomic E-state index is 14.5. The zero-order valence-corrected chi connectivity index (χ0v) is 19.9. The Kier molecular flexibility index (Phi) is 4.90. The second-order valence-corrected chi connectivity index (χ2v) is 11.0. The second kappa shape index (κ2) is 7.82. The van der Waals surface area contributed by atoms with E-state index in [1.54, 1.807) is 4.90 Å². The van der Waals surface area contributed by atoms with Crippen molar-refractivity contribution in [3.05, 3.63) is 70.0 Å². The number of aromatic nitrogens is 5. The minimum Gasteiger partial charge on any atom is -0.368 e. The Labute approximate surface area is 203 Å². The smallest absolute Gasteiger partial charge is 0.285 e. The molecule has 2 N–H and O–H groups in total. The Balaban J connectivity index is 1.62. The fourth-order valence-electron chi connectivity index (χ4n) is 5.13. The first-order chi connectivity index (χ1) is 17.2. The van der Waals surface area contributed by atoms with Crippen molar-refractivity contribution >= 4 is 27.1 Å². The van der Waals surface area contributed by atoms with Crippen LogP contribution in [0.3, 0.4) is 0 Å². The molecule has 6 rings (SSSR count). The molecule has 4 aromatic rings. The molecule has 1 saturated heterocycles. The zero-order valence-electron chi connectivity index (χ0n) is 19.1. The van der Waals surface area contributed by atoms with Crippen molar-refractivity contribution in [3.63, 3.8) is 0 Å². The summed E-state index contributed by atoms with van der Waals surface area (Å²) in [6, 6.07) is 5.89. The monoisotopic (exact) mass is 513 g/mol. The third-order valence-electron chi connectivity index (χ3n) is 6.86. The van der Waals surface area contributed by atoms with Gasteiger partial charge in [0.05, 0.1) is 23.2 Å². The maximum atomic E-state index is 14.5. The highest BCUT2D eigenvalue weighted by Gasteiger charge is 2.46. The van der Waals surface area contributed by atoms with E-state index in [4.69, 9.17) is 5.73 Å². The molecular weight excluding hydrogens is 492 g/mol. The Morgan fingerprint density at radius 3 is 2.75 bits per heavy atom. The number of halogens is 2. The fraction of sp³-hybridized carbons (Fsp3) is 0.304. The lowest BCUT2D eigenvalue weighted by Gasteiger charge is -2.48. The Morgan fingerprint density at radius 2 is 2.00 bits per heavy atom. The molecule has 0 bridgehead atoms. The van der Waals surface area contributed by atoms with Gasteiger partial charge in [0, 0.05) is 25.1 Å². The number of nitrogens with zero attached hydrogens (tertiary/aromatic N) is 6. The molecule has 0 amide bonds. The van der Waals surface area contributed by atoms with Crippen LogP contribution in [0.4, 0.5) is 20.5 Å². The molecule has 0 radical (unpaired) electrons. The van der Waals surface area contributed by atoms with E-state index in [2.05, 4.69) is 15.1 Å². The van der Waals surface area contributed by atoms with Crippen LogP contribution in [0.1, 0.15) is 30.9 Å². The van der Waals surface area contributed by atoms with E-state index in [-0.39, 0.29) is 51.8 Å². The van der Waals surface area contributed by atoms with Crippen LogP contribution in [0.25, 0.3) is 11.2 Å². The van der Waals surface area contributed by atoms with Gasteiger partial charge in [-0.25, -0.2) is 26.7 Å². The number of hydrogen-bond donors (Lipinski definition) is 1. The molecule has 5 heterocycles. The van der Waals surface area contributed by atoms with Gasteiger partial charge in [-0.1, -0.05) is 13.0 Å². The summed E-state index contributed by atoms with van der Waals surface area (Å²) in [5.74, 6) is -1.18. The molecule has 1 fully saturated rings. The van der Waals surface area contributed by atoms with Gasteiger partial charge in [0.15, 0.2) is 32.8 Å². The number of aryl methyl sites for hydroxylation is 1. The molecule has 0 saturated carbocycles. The molecule has 36 heavy (non-hydrogen) atoms. The van der Waals surface area contributed by atoms with Gasteiger partial charge in [-0.05, 0) is 30.7 Å². The summed E-state index contributed by atoms with van der Waals surface area (Å²) < 4.78 is 56.8. The minimum atomic E-state index is -3.63. The van der Waals surface area contributed by atoms with Crippen LogP contribution in [0.2, 0.25) is 0 Å². The third-order valence-corrected chi connectivity index (χ3v) is 8.64. The quantitative estimate of drug-likeness (QED) is 0.439. The van der Waals surface area contributed by atoms with Crippen LogP contribution >= 0.6 is 0 Å². The molecule has 2 aliphatic rings. The molecule has 2 atom stereocenters. The van der Waals surface area contributed by atoms with E-state index in [9.17, 15) is 22.0 Å². The summed E-state index contributed by atoms with van der Waals surface area (Å²) in [5, 5.41) is 4.56. The summed E-state index contributed by atoms with van der Waals surface area (Å²) >= 11 is 0. The van der Waals surface area contributed by atoms with Gasteiger partial charge < -0.3 is 10.6 Å². The predicted molar refractivity (Wildman–Crippen MR) is 127 cm³/mol. The molecule has 13 heteroatoms. The van der Waals surface area contributed by atoms with Crippen LogP contribution in [0, 0.1) is 17.6 Å². The predicted octanol–water partition coefficient (Wildman–Crippen LogP) is 2.05. The average Bonchev–Trinajstić information content (AvgIpc) is 3.32. The molecular formula is C23H21F2N7O3S. The summed E-state index contributed by atoms with van der Waals surface area (Å²) in [6.45, 7) is 2.39. The number of fused-ring (bicyclic) bond motifs is 2. The van der Waals surface area contributed by atoms with Gasteiger partial charge in [-0.2, -0.15) is 10.1 Å². The lowest BCUT2D eigenvalue weighted by molar-refractivity contribution is 0.267. The summed E-state index contributed by atoms with van der Waals surface area (Å²) in [5.41, 5.74) is 5.46. The highest BCUT2D eigenvalue weighted by Crippen LogP contribution is 2.46. The van der Waals surface area contributed by atoms with E-state index >= 15 is 0 Å². The van der Waals surface area contributed by atoms with Crippen LogP contribution in [0.15, 0.2) is 46.2 Å². The molecule has 3 aromatic heterocycles. The van der Waals surface area contributed by atoms with Gasteiger partial charge in [-0.15, -0.1) is 0 Å². The first-order valence-electron chi connectivity index (χ1n) is 11.4. The zero-order chi connectivity index (χ0) is 25.4. The number of nitrogen functional groups attached to an aromatic ring is 1. The first-order valence-corrected chi connectivity index (χ1v) is 13.1. The number of anilines is 2. The van der Waals surface area contributed by atoms with Crippen molar-refractivity contribution < 1.29 is 17.2 Å². The van der Waals surface area contributed by atoms with Crippen molar-refractivity contribution in [2.24, 2.45) is 5.92 Å². The van der Waals surface area contributed by atoms with Gasteiger partial charge in [0.25, 0.3) is 5.56 Å². The number of benzene rings is 1. The van der Waals surface area contributed by atoms with Gasteiger partial charge in [0.2, 0.25) is 5.95 Å². The van der Waals surface area contributed by atoms with Crippen molar-refractivity contribution in [2.45, 2.75) is 30.7 Å². The minimum absolute atomic E-state index is 0.0315. The summed E-state index contributed by atoms with van der Waals surface area (Å²) in [7, 11) is -3.63. The molecule has 1 aromatic carbocycles.